The number of nitrogens with zero attached hydrogens (tertiary/aromatic N) is 2. The standard InChI is InChI=1S/C17H16N4O2S/c1-24(22,23)21-15-9-5-6-13(12-15)16-10-11-18-17(20-16)19-14-7-3-2-4-8-14/h2-12,21H,1H3,(H,18,19,20). The van der Waals surface area contributed by atoms with Crippen LogP contribution in [0.2, 0.25) is 0 Å². The number of hydrogen-bond acceptors (Lipinski definition) is 5. The summed E-state index contributed by atoms with van der Waals surface area (Å²) in [5.41, 5.74) is 2.87. The van der Waals surface area contributed by atoms with Gasteiger partial charge in [-0.3, -0.25) is 4.72 Å². The van der Waals surface area contributed by atoms with Crippen molar-refractivity contribution in [2.45, 2.75) is 0 Å². The van der Waals surface area contributed by atoms with E-state index in [9.17, 15) is 8.42 Å². The lowest BCUT2D eigenvalue weighted by molar-refractivity contribution is 0.607. The van der Waals surface area contributed by atoms with E-state index in [0.29, 0.717) is 17.3 Å². The monoisotopic (exact) mass is 340 g/mol. The maximum absolute atomic E-state index is 11.4. The number of hydrogen-bond donors (Lipinski definition) is 2. The fourth-order valence-corrected chi connectivity index (χ4v) is 2.74. The second kappa shape index (κ2) is 6.67. The summed E-state index contributed by atoms with van der Waals surface area (Å²) < 4.78 is 25.2. The van der Waals surface area contributed by atoms with Gasteiger partial charge in [0.05, 0.1) is 11.9 Å². The van der Waals surface area contributed by atoms with Gasteiger partial charge in [-0.05, 0) is 30.3 Å². The van der Waals surface area contributed by atoms with Crippen LogP contribution >= 0.6 is 0 Å². The molecule has 0 amide bonds. The molecule has 0 aliphatic carbocycles. The van der Waals surface area contributed by atoms with Crippen LogP contribution in [0.15, 0.2) is 66.9 Å². The molecular formula is C17H16N4O2S. The lowest BCUT2D eigenvalue weighted by atomic mass is 10.1. The first-order chi connectivity index (χ1) is 11.5. The molecular weight excluding hydrogens is 324 g/mol. The Morgan fingerprint density at radius 3 is 2.42 bits per heavy atom. The van der Waals surface area contributed by atoms with Crippen LogP contribution in [0.25, 0.3) is 11.3 Å². The highest BCUT2D eigenvalue weighted by Gasteiger charge is 2.06. The molecule has 7 heteroatoms. The molecule has 2 aromatic carbocycles. The van der Waals surface area contributed by atoms with Crippen LogP contribution in [0.1, 0.15) is 0 Å². The predicted octanol–water partition coefficient (Wildman–Crippen LogP) is 3.26. The molecule has 0 atom stereocenters. The molecule has 0 aliphatic heterocycles. The Bertz CT molecular complexity index is 944. The molecule has 0 saturated carbocycles. The van der Waals surface area contributed by atoms with E-state index in [2.05, 4.69) is 20.0 Å². The van der Waals surface area contributed by atoms with Crippen LogP contribution in [0.3, 0.4) is 0 Å². The molecule has 1 heterocycles. The number of rotatable bonds is 5. The molecule has 3 rings (SSSR count). The van der Waals surface area contributed by atoms with Crippen LogP contribution in [-0.4, -0.2) is 24.6 Å². The first-order valence-electron chi connectivity index (χ1n) is 7.23. The third-order valence-electron chi connectivity index (χ3n) is 3.15. The predicted molar refractivity (Wildman–Crippen MR) is 95.7 cm³/mol. The van der Waals surface area contributed by atoms with Crippen molar-refractivity contribution >= 4 is 27.3 Å². The molecule has 0 radical (unpaired) electrons. The Labute approximate surface area is 140 Å². The highest BCUT2D eigenvalue weighted by Crippen LogP contribution is 2.22. The minimum atomic E-state index is -3.32. The number of anilines is 3. The van der Waals surface area contributed by atoms with Crippen molar-refractivity contribution in [3.05, 3.63) is 66.9 Å². The zero-order valence-electron chi connectivity index (χ0n) is 13.0. The van der Waals surface area contributed by atoms with Gasteiger partial charge in [0.1, 0.15) is 0 Å². The number of nitrogens with one attached hydrogen (secondary N) is 2. The van der Waals surface area contributed by atoms with E-state index < -0.39 is 10.0 Å². The summed E-state index contributed by atoms with van der Waals surface area (Å²) in [5, 5.41) is 3.13. The molecule has 0 spiro atoms. The van der Waals surface area contributed by atoms with Gasteiger partial charge in [0.15, 0.2) is 0 Å². The minimum Gasteiger partial charge on any atom is -0.324 e. The van der Waals surface area contributed by atoms with Gasteiger partial charge in [-0.2, -0.15) is 0 Å². The van der Waals surface area contributed by atoms with Crippen molar-refractivity contribution in [2.24, 2.45) is 0 Å². The summed E-state index contributed by atoms with van der Waals surface area (Å²) in [5.74, 6) is 0.472. The average Bonchev–Trinajstić information content (AvgIpc) is 2.55. The van der Waals surface area contributed by atoms with Gasteiger partial charge < -0.3 is 5.32 Å². The van der Waals surface area contributed by atoms with E-state index in [1.807, 2.05) is 36.4 Å². The molecule has 0 aliphatic rings. The summed E-state index contributed by atoms with van der Waals surface area (Å²) >= 11 is 0. The lowest BCUT2D eigenvalue weighted by Gasteiger charge is -2.08. The Hall–Kier alpha value is -2.93. The third kappa shape index (κ3) is 4.30. The summed E-state index contributed by atoms with van der Waals surface area (Å²) in [4.78, 5) is 8.68. The average molecular weight is 340 g/mol. The van der Waals surface area contributed by atoms with Crippen molar-refractivity contribution in [2.75, 3.05) is 16.3 Å². The fraction of sp³-hybridized carbons (Fsp3) is 0.0588. The van der Waals surface area contributed by atoms with Crippen molar-refractivity contribution in [1.82, 2.24) is 9.97 Å². The lowest BCUT2D eigenvalue weighted by Crippen LogP contribution is -2.09. The number of aromatic nitrogens is 2. The number of benzene rings is 2. The van der Waals surface area contributed by atoms with Gasteiger partial charge in [-0.25, -0.2) is 18.4 Å². The van der Waals surface area contributed by atoms with Gasteiger partial charge in [-0.15, -0.1) is 0 Å². The topological polar surface area (TPSA) is 84.0 Å². The fourth-order valence-electron chi connectivity index (χ4n) is 2.19. The van der Waals surface area contributed by atoms with E-state index in [1.165, 1.54) is 0 Å². The molecule has 0 saturated heterocycles. The summed E-state index contributed by atoms with van der Waals surface area (Å²) in [6.07, 6.45) is 2.77. The van der Waals surface area contributed by atoms with Crippen molar-refractivity contribution < 1.29 is 8.42 Å². The molecule has 0 bridgehead atoms. The van der Waals surface area contributed by atoms with E-state index in [1.54, 1.807) is 30.5 Å². The highest BCUT2D eigenvalue weighted by atomic mass is 32.2. The number of sulfonamides is 1. The van der Waals surface area contributed by atoms with Gasteiger partial charge in [0, 0.05) is 23.1 Å². The van der Waals surface area contributed by atoms with Crippen LogP contribution in [0.5, 0.6) is 0 Å². The Kier molecular flexibility index (Phi) is 4.43. The third-order valence-corrected chi connectivity index (χ3v) is 3.75. The molecule has 122 valence electrons. The maximum atomic E-state index is 11.4. The first kappa shape index (κ1) is 15.9. The number of para-hydroxylation sites is 1. The van der Waals surface area contributed by atoms with Gasteiger partial charge in [0.2, 0.25) is 16.0 Å². The Morgan fingerprint density at radius 2 is 1.67 bits per heavy atom. The maximum Gasteiger partial charge on any atom is 0.229 e. The summed E-state index contributed by atoms with van der Waals surface area (Å²) in [6.45, 7) is 0. The van der Waals surface area contributed by atoms with Crippen LogP contribution in [0.4, 0.5) is 17.3 Å². The van der Waals surface area contributed by atoms with Gasteiger partial charge >= 0.3 is 0 Å². The van der Waals surface area contributed by atoms with Gasteiger partial charge in [-0.1, -0.05) is 30.3 Å². The summed E-state index contributed by atoms with van der Waals surface area (Å²) in [7, 11) is -3.32. The largest absolute Gasteiger partial charge is 0.324 e. The van der Waals surface area contributed by atoms with E-state index in [-0.39, 0.29) is 0 Å². The normalized spacial score (nSPS) is 11.0. The molecule has 24 heavy (non-hydrogen) atoms. The summed E-state index contributed by atoms with van der Waals surface area (Å²) in [6, 6.07) is 18.5. The Balaban J connectivity index is 1.87. The Morgan fingerprint density at radius 1 is 0.917 bits per heavy atom. The van der Waals surface area contributed by atoms with Crippen molar-refractivity contribution in [3.8, 4) is 11.3 Å². The molecule has 0 unspecified atom stereocenters. The SMILES string of the molecule is CS(=O)(=O)Nc1cccc(-c2ccnc(Nc3ccccc3)n2)c1. The second-order valence-electron chi connectivity index (χ2n) is 5.21. The van der Waals surface area contributed by atoms with Crippen molar-refractivity contribution in [3.63, 3.8) is 0 Å². The van der Waals surface area contributed by atoms with Crippen LogP contribution in [0, 0.1) is 0 Å². The highest BCUT2D eigenvalue weighted by molar-refractivity contribution is 7.92. The molecule has 6 nitrogen and oxygen atoms in total. The second-order valence-corrected chi connectivity index (χ2v) is 6.96. The smallest absolute Gasteiger partial charge is 0.229 e. The molecule has 2 N–H and O–H groups in total. The van der Waals surface area contributed by atoms with Crippen molar-refractivity contribution in [1.29, 1.82) is 0 Å². The van der Waals surface area contributed by atoms with E-state index >= 15 is 0 Å². The van der Waals surface area contributed by atoms with Crippen LogP contribution in [-0.2, 0) is 10.0 Å². The minimum absolute atomic E-state index is 0.472. The quantitative estimate of drug-likeness (QED) is 0.745. The van der Waals surface area contributed by atoms with E-state index in [0.717, 1.165) is 17.5 Å². The van der Waals surface area contributed by atoms with Crippen LogP contribution < -0.4 is 10.0 Å². The zero-order chi connectivity index (χ0) is 17.0. The molecule has 1 aromatic heterocycles. The molecule has 0 fully saturated rings. The van der Waals surface area contributed by atoms with Gasteiger partial charge in [0.25, 0.3) is 0 Å². The first-order valence-corrected chi connectivity index (χ1v) is 9.12. The van der Waals surface area contributed by atoms with E-state index in [4.69, 9.17) is 0 Å². The zero-order valence-corrected chi connectivity index (χ0v) is 13.8. The molecule has 3 aromatic rings.